The van der Waals surface area contributed by atoms with E-state index in [0.29, 0.717) is 13.2 Å². The van der Waals surface area contributed by atoms with Gasteiger partial charge in [-0.1, -0.05) is 139 Å². The third kappa shape index (κ3) is 8.95. The highest BCUT2D eigenvalue weighted by Crippen LogP contribution is 2.34. The molecule has 4 rings (SSSR count). The van der Waals surface area contributed by atoms with Gasteiger partial charge in [0, 0.05) is 36.3 Å². The first kappa shape index (κ1) is 31.3. The highest BCUT2D eigenvalue weighted by Gasteiger charge is 2.27. The lowest BCUT2D eigenvalue weighted by Crippen LogP contribution is -2.32. The highest BCUT2D eigenvalue weighted by atomic mass is 16.5. The van der Waals surface area contributed by atoms with E-state index in [1.165, 1.54) is 11.1 Å². The maximum absolute atomic E-state index is 6.24. The lowest BCUT2D eigenvalue weighted by Gasteiger charge is -2.32. The second kappa shape index (κ2) is 14.5. The Labute approximate surface area is 253 Å². The van der Waals surface area contributed by atoms with Crippen LogP contribution in [-0.4, -0.2) is 13.2 Å². The van der Waals surface area contributed by atoms with Gasteiger partial charge in [0.05, 0.1) is 0 Å². The van der Waals surface area contributed by atoms with Gasteiger partial charge in [-0.05, 0) is 34.1 Å². The standard InChI is InChI=1S/C38H48N2O2/c1-37(2,3)35(29-17-9-7-10-18-29)39-27-31-21-13-15-23-33(31)41-25-26-42-34-24-16-14-22-32(34)28-40-36(38(4,5)6)30-19-11-8-12-20-30/h7-24,35-36,39-40H,25-28H2,1-6H3/t35-,36+. The number of para-hydroxylation sites is 2. The monoisotopic (exact) mass is 564 g/mol. The summed E-state index contributed by atoms with van der Waals surface area (Å²) in [7, 11) is 0. The van der Waals surface area contributed by atoms with Crippen molar-refractivity contribution in [2.75, 3.05) is 13.2 Å². The van der Waals surface area contributed by atoms with Gasteiger partial charge in [-0.15, -0.1) is 0 Å². The first-order valence-electron chi connectivity index (χ1n) is 15.1. The zero-order chi connectivity index (χ0) is 30.0. The molecular weight excluding hydrogens is 516 g/mol. The number of nitrogens with one attached hydrogen (secondary N) is 2. The molecule has 2 N–H and O–H groups in total. The Morgan fingerprint density at radius 2 is 0.810 bits per heavy atom. The molecule has 4 aromatic carbocycles. The van der Waals surface area contributed by atoms with Gasteiger partial charge in [-0.2, -0.15) is 0 Å². The van der Waals surface area contributed by atoms with Crippen LogP contribution in [0, 0.1) is 10.8 Å². The maximum atomic E-state index is 6.24. The van der Waals surface area contributed by atoms with Crippen molar-refractivity contribution in [2.45, 2.75) is 66.7 Å². The minimum Gasteiger partial charge on any atom is -0.490 e. The summed E-state index contributed by atoms with van der Waals surface area (Å²) in [5.74, 6) is 1.78. The Balaban J connectivity index is 1.34. The third-order valence-electron chi connectivity index (χ3n) is 7.53. The molecule has 4 nitrogen and oxygen atoms in total. The lowest BCUT2D eigenvalue weighted by atomic mass is 9.82. The number of hydrogen-bond acceptors (Lipinski definition) is 4. The average Bonchev–Trinajstić information content (AvgIpc) is 2.96. The number of hydrogen-bond donors (Lipinski definition) is 2. The molecule has 0 heterocycles. The summed E-state index contributed by atoms with van der Waals surface area (Å²) in [5, 5.41) is 7.57. The Hall–Kier alpha value is -3.60. The fraction of sp³-hybridized carbons (Fsp3) is 0.368. The maximum Gasteiger partial charge on any atom is 0.123 e. The number of benzene rings is 4. The molecule has 0 spiro atoms. The van der Waals surface area contributed by atoms with Gasteiger partial charge in [0.15, 0.2) is 0 Å². The zero-order valence-electron chi connectivity index (χ0n) is 26.2. The predicted octanol–water partition coefficient (Wildman–Crippen LogP) is 8.90. The van der Waals surface area contributed by atoms with Crippen molar-refractivity contribution in [3.8, 4) is 11.5 Å². The normalized spacial score (nSPS) is 13.4. The van der Waals surface area contributed by atoms with Gasteiger partial charge < -0.3 is 20.1 Å². The SMILES string of the molecule is CC(C)(C)[C@H](NCc1ccccc1OCCOc1ccccc1CN[C@@H](c1ccccc1)C(C)(C)C)c1ccccc1. The molecule has 0 bridgehead atoms. The van der Waals surface area contributed by atoms with E-state index >= 15 is 0 Å². The van der Waals surface area contributed by atoms with Crippen molar-refractivity contribution in [3.63, 3.8) is 0 Å². The van der Waals surface area contributed by atoms with Crippen LogP contribution < -0.4 is 20.1 Å². The fourth-order valence-electron chi connectivity index (χ4n) is 5.45. The molecule has 0 saturated carbocycles. The topological polar surface area (TPSA) is 42.5 Å². The van der Waals surface area contributed by atoms with Crippen molar-refractivity contribution in [1.29, 1.82) is 0 Å². The summed E-state index contributed by atoms with van der Waals surface area (Å²) in [5.41, 5.74) is 5.01. The van der Waals surface area contributed by atoms with Gasteiger partial charge in [-0.3, -0.25) is 0 Å². The summed E-state index contributed by atoms with van der Waals surface area (Å²) in [6.07, 6.45) is 0. The van der Waals surface area contributed by atoms with Crippen LogP contribution in [0.3, 0.4) is 0 Å². The molecule has 0 aliphatic carbocycles. The average molecular weight is 565 g/mol. The van der Waals surface area contributed by atoms with Crippen molar-refractivity contribution in [2.24, 2.45) is 10.8 Å². The Morgan fingerprint density at radius 1 is 0.476 bits per heavy atom. The van der Waals surface area contributed by atoms with Crippen molar-refractivity contribution in [3.05, 3.63) is 131 Å². The predicted molar refractivity (Wildman–Crippen MR) is 175 cm³/mol. The molecule has 0 fully saturated rings. The van der Waals surface area contributed by atoms with E-state index in [-0.39, 0.29) is 22.9 Å². The number of ether oxygens (including phenoxy) is 2. The Bertz CT molecular complexity index is 1250. The molecule has 0 aromatic heterocycles. The van der Waals surface area contributed by atoms with Gasteiger partial charge in [0.25, 0.3) is 0 Å². The molecule has 0 unspecified atom stereocenters. The van der Waals surface area contributed by atoms with Crippen LogP contribution in [0.4, 0.5) is 0 Å². The smallest absolute Gasteiger partial charge is 0.123 e. The first-order valence-corrected chi connectivity index (χ1v) is 15.1. The number of rotatable bonds is 13. The Morgan fingerprint density at radius 3 is 1.17 bits per heavy atom. The second-order valence-electron chi connectivity index (χ2n) is 13.1. The minimum absolute atomic E-state index is 0.0707. The molecule has 4 heteroatoms. The Kier molecular flexibility index (Phi) is 10.8. The molecule has 2 atom stereocenters. The lowest BCUT2D eigenvalue weighted by molar-refractivity contribution is 0.212. The van der Waals surface area contributed by atoms with Crippen LogP contribution in [0.1, 0.15) is 75.9 Å². The van der Waals surface area contributed by atoms with E-state index < -0.39 is 0 Å². The third-order valence-corrected chi connectivity index (χ3v) is 7.53. The molecule has 0 radical (unpaired) electrons. The van der Waals surface area contributed by atoms with E-state index in [0.717, 1.165) is 35.7 Å². The van der Waals surface area contributed by atoms with Crippen LogP contribution in [0.15, 0.2) is 109 Å². The zero-order valence-corrected chi connectivity index (χ0v) is 26.2. The summed E-state index contributed by atoms with van der Waals surface area (Å²) >= 11 is 0. The molecule has 0 saturated heterocycles. The largest absolute Gasteiger partial charge is 0.490 e. The van der Waals surface area contributed by atoms with E-state index in [1.807, 2.05) is 24.3 Å². The summed E-state index contributed by atoms with van der Waals surface area (Å²) < 4.78 is 12.5. The second-order valence-corrected chi connectivity index (χ2v) is 13.1. The first-order chi connectivity index (χ1) is 20.1. The van der Waals surface area contributed by atoms with Crippen LogP contribution in [0.5, 0.6) is 11.5 Å². The molecular formula is C38H48N2O2. The molecule has 222 valence electrons. The fourth-order valence-corrected chi connectivity index (χ4v) is 5.45. The van der Waals surface area contributed by atoms with Crippen LogP contribution in [-0.2, 0) is 13.1 Å². The van der Waals surface area contributed by atoms with Crippen molar-refractivity contribution < 1.29 is 9.47 Å². The van der Waals surface area contributed by atoms with Crippen LogP contribution in [0.2, 0.25) is 0 Å². The summed E-state index contributed by atoms with van der Waals surface area (Å²) in [6.45, 7) is 16.0. The molecule has 4 aromatic rings. The molecule has 0 aliphatic heterocycles. The van der Waals surface area contributed by atoms with E-state index in [4.69, 9.17) is 9.47 Å². The van der Waals surface area contributed by atoms with Crippen LogP contribution in [0.25, 0.3) is 0 Å². The minimum atomic E-state index is 0.0707. The van der Waals surface area contributed by atoms with E-state index in [1.54, 1.807) is 0 Å². The molecule has 0 amide bonds. The summed E-state index contributed by atoms with van der Waals surface area (Å²) in [4.78, 5) is 0. The van der Waals surface area contributed by atoms with Crippen molar-refractivity contribution >= 4 is 0 Å². The summed E-state index contributed by atoms with van der Waals surface area (Å²) in [6, 6.07) is 38.3. The van der Waals surface area contributed by atoms with Gasteiger partial charge >= 0.3 is 0 Å². The highest BCUT2D eigenvalue weighted by molar-refractivity contribution is 5.35. The quantitative estimate of drug-likeness (QED) is 0.159. The van der Waals surface area contributed by atoms with E-state index in [2.05, 4.69) is 137 Å². The molecule has 0 aliphatic rings. The van der Waals surface area contributed by atoms with Crippen molar-refractivity contribution in [1.82, 2.24) is 10.6 Å². The van der Waals surface area contributed by atoms with E-state index in [9.17, 15) is 0 Å². The van der Waals surface area contributed by atoms with Gasteiger partial charge in [0.2, 0.25) is 0 Å². The van der Waals surface area contributed by atoms with Gasteiger partial charge in [-0.25, -0.2) is 0 Å². The molecule has 42 heavy (non-hydrogen) atoms. The van der Waals surface area contributed by atoms with Crippen LogP contribution >= 0.6 is 0 Å². The van der Waals surface area contributed by atoms with Gasteiger partial charge in [0.1, 0.15) is 24.7 Å².